The Labute approximate surface area is 184 Å². The first-order valence-electron chi connectivity index (χ1n) is 9.50. The average molecular weight is 455 g/mol. The van der Waals surface area contributed by atoms with Crippen LogP contribution in [0.2, 0.25) is 10.0 Å². The minimum atomic E-state index is -0.435. The summed E-state index contributed by atoms with van der Waals surface area (Å²) in [6, 6.07) is 4.58. The van der Waals surface area contributed by atoms with Crippen molar-refractivity contribution in [3.63, 3.8) is 0 Å². The molecule has 2 N–H and O–H groups in total. The van der Waals surface area contributed by atoms with Crippen LogP contribution in [0.4, 0.5) is 5.13 Å². The van der Waals surface area contributed by atoms with E-state index in [0.29, 0.717) is 22.0 Å². The second kappa shape index (κ2) is 9.89. The Kier molecular flexibility index (Phi) is 7.51. The van der Waals surface area contributed by atoms with Crippen LogP contribution in [-0.2, 0) is 11.3 Å². The van der Waals surface area contributed by atoms with E-state index >= 15 is 0 Å². The highest BCUT2D eigenvalue weighted by Crippen LogP contribution is 2.24. The zero-order valence-electron chi connectivity index (χ0n) is 16.4. The number of amides is 2. The van der Waals surface area contributed by atoms with Crippen molar-refractivity contribution in [1.82, 2.24) is 15.2 Å². The molecule has 29 heavy (non-hydrogen) atoms. The zero-order chi connectivity index (χ0) is 21.0. The molecular formula is C20H24Cl2N4O2S. The predicted molar refractivity (Wildman–Crippen MR) is 118 cm³/mol. The van der Waals surface area contributed by atoms with Crippen molar-refractivity contribution in [3.05, 3.63) is 44.9 Å². The lowest BCUT2D eigenvalue weighted by Crippen LogP contribution is -2.38. The number of nitrogens with one attached hydrogen (secondary N) is 2. The number of carbonyl (C=O) groups excluding carboxylic acids is 2. The van der Waals surface area contributed by atoms with Gasteiger partial charge < -0.3 is 10.6 Å². The lowest BCUT2D eigenvalue weighted by atomic mass is 9.92. The van der Waals surface area contributed by atoms with Crippen LogP contribution in [-0.4, -0.2) is 41.3 Å². The number of benzene rings is 1. The van der Waals surface area contributed by atoms with Crippen molar-refractivity contribution in [2.45, 2.75) is 26.8 Å². The maximum Gasteiger partial charge on any atom is 0.253 e. The van der Waals surface area contributed by atoms with Crippen molar-refractivity contribution < 1.29 is 9.59 Å². The van der Waals surface area contributed by atoms with E-state index in [-0.39, 0.29) is 23.0 Å². The van der Waals surface area contributed by atoms with Crippen LogP contribution >= 0.6 is 34.5 Å². The van der Waals surface area contributed by atoms with Crippen LogP contribution in [0.25, 0.3) is 0 Å². The van der Waals surface area contributed by atoms with Gasteiger partial charge in [-0.05, 0) is 36.5 Å². The molecule has 1 saturated heterocycles. The number of aromatic nitrogens is 1. The Hall–Kier alpha value is -1.67. The van der Waals surface area contributed by atoms with Crippen LogP contribution in [0.5, 0.6) is 0 Å². The van der Waals surface area contributed by atoms with E-state index < -0.39 is 5.91 Å². The summed E-state index contributed by atoms with van der Waals surface area (Å²) in [7, 11) is 0. The Morgan fingerprint density at radius 3 is 2.66 bits per heavy atom. The SMILES string of the molecule is C[C@@H]1C[C@@H](C)CN(Cc2csc(NC(=O)CNC(=O)c3ccc(Cl)cc3Cl)n2)C1. The third-order valence-corrected chi connectivity index (χ3v) is 6.07. The first-order chi connectivity index (χ1) is 13.8. The number of rotatable bonds is 6. The van der Waals surface area contributed by atoms with Crippen LogP contribution < -0.4 is 10.6 Å². The monoisotopic (exact) mass is 454 g/mol. The van der Waals surface area contributed by atoms with E-state index in [1.165, 1.54) is 29.9 Å². The fraction of sp³-hybridized carbons (Fsp3) is 0.450. The molecule has 6 nitrogen and oxygen atoms in total. The Balaban J connectivity index is 1.48. The van der Waals surface area contributed by atoms with Gasteiger partial charge in [0.25, 0.3) is 5.91 Å². The number of likely N-dealkylation sites (tertiary alicyclic amines) is 1. The van der Waals surface area contributed by atoms with Crippen LogP contribution in [0.15, 0.2) is 23.6 Å². The number of piperidine rings is 1. The molecular weight excluding hydrogens is 431 g/mol. The minimum absolute atomic E-state index is 0.173. The molecule has 1 fully saturated rings. The van der Waals surface area contributed by atoms with Crippen molar-refractivity contribution in [2.24, 2.45) is 11.8 Å². The third-order valence-electron chi connectivity index (χ3n) is 4.71. The molecule has 1 aliphatic heterocycles. The average Bonchev–Trinajstić information content (AvgIpc) is 3.05. The molecule has 1 aliphatic rings. The van der Waals surface area contributed by atoms with E-state index in [0.717, 1.165) is 25.3 Å². The van der Waals surface area contributed by atoms with E-state index in [1.54, 1.807) is 6.07 Å². The molecule has 1 aromatic heterocycles. The number of hydrogen-bond acceptors (Lipinski definition) is 5. The van der Waals surface area contributed by atoms with Gasteiger partial charge in [-0.2, -0.15) is 0 Å². The molecule has 2 aromatic rings. The molecule has 0 radical (unpaired) electrons. The van der Waals surface area contributed by atoms with Crippen molar-refractivity contribution in [1.29, 1.82) is 0 Å². The lowest BCUT2D eigenvalue weighted by Gasteiger charge is -2.34. The number of anilines is 1. The lowest BCUT2D eigenvalue weighted by molar-refractivity contribution is -0.115. The molecule has 0 aliphatic carbocycles. The van der Waals surface area contributed by atoms with Crippen molar-refractivity contribution in [2.75, 3.05) is 25.0 Å². The molecule has 1 aromatic carbocycles. The number of thiazole rings is 1. The maximum absolute atomic E-state index is 12.2. The zero-order valence-corrected chi connectivity index (χ0v) is 18.7. The smallest absolute Gasteiger partial charge is 0.253 e. The van der Waals surface area contributed by atoms with Gasteiger partial charge in [0.05, 0.1) is 22.8 Å². The van der Waals surface area contributed by atoms with Gasteiger partial charge in [-0.3, -0.25) is 14.5 Å². The first-order valence-corrected chi connectivity index (χ1v) is 11.1. The second-order valence-corrected chi connectivity index (χ2v) is 9.34. The highest BCUT2D eigenvalue weighted by Gasteiger charge is 2.22. The summed E-state index contributed by atoms with van der Waals surface area (Å²) in [5.41, 5.74) is 1.22. The van der Waals surface area contributed by atoms with Gasteiger partial charge in [-0.25, -0.2) is 4.98 Å². The van der Waals surface area contributed by atoms with Gasteiger partial charge in [0, 0.05) is 30.0 Å². The van der Waals surface area contributed by atoms with E-state index in [1.807, 2.05) is 5.38 Å². The summed E-state index contributed by atoms with van der Waals surface area (Å²) in [5.74, 6) is 0.600. The molecule has 2 amide bonds. The quantitative estimate of drug-likeness (QED) is 0.682. The van der Waals surface area contributed by atoms with E-state index in [4.69, 9.17) is 23.2 Å². The van der Waals surface area contributed by atoms with E-state index in [9.17, 15) is 9.59 Å². The normalized spacial score (nSPS) is 19.7. The first kappa shape index (κ1) is 22.0. The summed E-state index contributed by atoms with van der Waals surface area (Å²) in [5, 5.41) is 8.45. The third kappa shape index (κ3) is 6.40. The number of nitrogens with zero attached hydrogens (tertiary/aromatic N) is 2. The molecule has 2 atom stereocenters. The highest BCUT2D eigenvalue weighted by atomic mass is 35.5. The van der Waals surface area contributed by atoms with Gasteiger partial charge in [0.2, 0.25) is 5.91 Å². The molecule has 156 valence electrons. The molecule has 9 heteroatoms. The van der Waals surface area contributed by atoms with Gasteiger partial charge in [0.15, 0.2) is 5.13 Å². The largest absolute Gasteiger partial charge is 0.343 e. The Morgan fingerprint density at radius 2 is 1.97 bits per heavy atom. The fourth-order valence-electron chi connectivity index (χ4n) is 3.68. The molecule has 0 spiro atoms. The molecule has 0 saturated carbocycles. The summed E-state index contributed by atoms with van der Waals surface area (Å²) < 4.78 is 0. The number of halogens is 2. The summed E-state index contributed by atoms with van der Waals surface area (Å²) in [6.45, 7) is 7.31. The maximum atomic E-state index is 12.2. The summed E-state index contributed by atoms with van der Waals surface area (Å²) >= 11 is 13.2. The summed E-state index contributed by atoms with van der Waals surface area (Å²) in [6.07, 6.45) is 1.27. The standard InChI is InChI=1S/C20H24Cl2N4O2S/c1-12-5-13(2)9-26(8-12)10-15-11-29-20(24-15)25-18(27)7-23-19(28)16-4-3-14(21)6-17(16)22/h3-4,6,11-13H,5,7-10H2,1-2H3,(H,23,28)(H,24,25,27)/t12-,13-/m1/s1. The Bertz CT molecular complexity index is 879. The summed E-state index contributed by atoms with van der Waals surface area (Å²) in [4.78, 5) is 31.2. The van der Waals surface area contributed by atoms with Gasteiger partial charge in [-0.1, -0.05) is 37.0 Å². The Morgan fingerprint density at radius 1 is 1.24 bits per heavy atom. The van der Waals surface area contributed by atoms with Gasteiger partial charge >= 0.3 is 0 Å². The number of carbonyl (C=O) groups is 2. The molecule has 3 rings (SSSR count). The molecule has 0 unspecified atom stereocenters. The fourth-order valence-corrected chi connectivity index (χ4v) is 4.89. The van der Waals surface area contributed by atoms with E-state index in [2.05, 4.69) is 34.4 Å². The number of hydrogen-bond donors (Lipinski definition) is 2. The van der Waals surface area contributed by atoms with Crippen molar-refractivity contribution >= 4 is 51.5 Å². The predicted octanol–water partition coefficient (Wildman–Crippen LogP) is 4.30. The highest BCUT2D eigenvalue weighted by molar-refractivity contribution is 7.13. The van der Waals surface area contributed by atoms with Crippen LogP contribution in [0, 0.1) is 11.8 Å². The van der Waals surface area contributed by atoms with Crippen LogP contribution in [0.3, 0.4) is 0 Å². The topological polar surface area (TPSA) is 74.3 Å². The van der Waals surface area contributed by atoms with Gasteiger partial charge in [-0.15, -0.1) is 11.3 Å². The molecule has 2 heterocycles. The van der Waals surface area contributed by atoms with Crippen LogP contribution in [0.1, 0.15) is 36.3 Å². The minimum Gasteiger partial charge on any atom is -0.343 e. The van der Waals surface area contributed by atoms with Gasteiger partial charge in [0.1, 0.15) is 0 Å². The second-order valence-electron chi connectivity index (χ2n) is 7.64. The molecule has 0 bridgehead atoms. The van der Waals surface area contributed by atoms with Crippen molar-refractivity contribution in [3.8, 4) is 0 Å².